The van der Waals surface area contributed by atoms with Gasteiger partial charge in [0.05, 0.1) is 16.8 Å². The molecule has 0 spiro atoms. The first kappa shape index (κ1) is 19.4. The van der Waals surface area contributed by atoms with Crippen LogP contribution in [0.5, 0.6) is 0 Å². The maximum atomic E-state index is 13.3. The van der Waals surface area contributed by atoms with E-state index < -0.39 is 10.0 Å². The van der Waals surface area contributed by atoms with E-state index in [0.717, 1.165) is 32.2 Å². The summed E-state index contributed by atoms with van der Waals surface area (Å²) in [6.07, 6.45) is 2.00. The second kappa shape index (κ2) is 6.86. The number of thiophene rings is 1. The van der Waals surface area contributed by atoms with Gasteiger partial charge in [0, 0.05) is 27.9 Å². The Bertz CT molecular complexity index is 1200. The molecule has 2 aromatic carbocycles. The van der Waals surface area contributed by atoms with Gasteiger partial charge in [-0.3, -0.25) is 9.10 Å². The molecule has 0 fully saturated rings. The highest BCUT2D eigenvalue weighted by atomic mass is 79.9. The van der Waals surface area contributed by atoms with Gasteiger partial charge in [0.1, 0.15) is 0 Å². The smallest absolute Gasteiger partial charge is 0.268 e. The van der Waals surface area contributed by atoms with Gasteiger partial charge in [-0.2, -0.15) is 0 Å². The van der Waals surface area contributed by atoms with Gasteiger partial charge in [-0.15, -0.1) is 11.3 Å². The number of carbonyl (C=O) groups excluding carboxylic acids is 1. The van der Waals surface area contributed by atoms with Crippen molar-refractivity contribution in [1.29, 1.82) is 0 Å². The molecule has 2 heterocycles. The molecule has 0 bridgehead atoms. The summed E-state index contributed by atoms with van der Waals surface area (Å²) in [7, 11) is -1.81. The monoisotopic (exact) mass is 478 g/mol. The van der Waals surface area contributed by atoms with Crippen molar-refractivity contribution in [2.75, 3.05) is 22.5 Å². The van der Waals surface area contributed by atoms with E-state index in [2.05, 4.69) is 28.9 Å². The zero-order valence-corrected chi connectivity index (χ0v) is 18.9. The Morgan fingerprint density at radius 2 is 1.96 bits per heavy atom. The van der Waals surface area contributed by atoms with Gasteiger partial charge in [0.2, 0.25) is 10.0 Å². The molecule has 1 aromatic heterocycles. The van der Waals surface area contributed by atoms with Crippen LogP contribution in [0.25, 0.3) is 10.1 Å². The number of halogens is 1. The maximum absolute atomic E-state index is 13.3. The normalized spacial score (nSPS) is 16.4. The van der Waals surface area contributed by atoms with E-state index in [0.29, 0.717) is 10.6 Å². The zero-order valence-electron chi connectivity index (χ0n) is 15.6. The topological polar surface area (TPSA) is 57.7 Å². The van der Waals surface area contributed by atoms with Crippen molar-refractivity contribution in [3.8, 4) is 0 Å². The van der Waals surface area contributed by atoms with E-state index in [1.165, 1.54) is 28.9 Å². The van der Waals surface area contributed by atoms with E-state index >= 15 is 0 Å². The minimum Gasteiger partial charge on any atom is -0.304 e. The van der Waals surface area contributed by atoms with Gasteiger partial charge in [0.15, 0.2) is 0 Å². The molecule has 0 unspecified atom stereocenters. The first-order valence-corrected chi connectivity index (χ1v) is 12.2. The lowest BCUT2D eigenvalue weighted by Gasteiger charge is -2.22. The summed E-state index contributed by atoms with van der Waals surface area (Å²) in [6, 6.07) is 13.4. The van der Waals surface area contributed by atoms with E-state index in [1.54, 1.807) is 6.07 Å². The number of carbonyl (C=O) groups is 1. The number of nitrogens with zero attached hydrogens (tertiary/aromatic N) is 2. The van der Waals surface area contributed by atoms with Crippen molar-refractivity contribution in [3.63, 3.8) is 0 Å². The summed E-state index contributed by atoms with van der Waals surface area (Å²) >= 11 is 4.93. The molecule has 146 valence electrons. The van der Waals surface area contributed by atoms with E-state index in [1.807, 2.05) is 35.2 Å². The van der Waals surface area contributed by atoms with Crippen molar-refractivity contribution < 1.29 is 13.2 Å². The van der Waals surface area contributed by atoms with Crippen molar-refractivity contribution in [2.45, 2.75) is 19.4 Å². The predicted octanol–water partition coefficient (Wildman–Crippen LogP) is 4.65. The summed E-state index contributed by atoms with van der Waals surface area (Å²) in [5.74, 6) is -0.0206. The van der Waals surface area contributed by atoms with Crippen LogP contribution in [-0.2, 0) is 16.4 Å². The number of hydrogen-bond acceptors (Lipinski definition) is 4. The molecule has 8 heteroatoms. The molecule has 0 saturated heterocycles. The van der Waals surface area contributed by atoms with Crippen LogP contribution in [0, 0.1) is 0 Å². The highest BCUT2D eigenvalue weighted by Gasteiger charge is 2.32. The number of fused-ring (bicyclic) bond motifs is 2. The predicted molar refractivity (Wildman–Crippen MR) is 119 cm³/mol. The first-order chi connectivity index (χ1) is 13.1. The molecular weight excluding hydrogens is 460 g/mol. The van der Waals surface area contributed by atoms with E-state index in [4.69, 9.17) is 0 Å². The highest BCUT2D eigenvalue weighted by molar-refractivity contribution is 9.10. The maximum Gasteiger partial charge on any atom is 0.268 e. The molecule has 1 atom stereocenters. The lowest BCUT2D eigenvalue weighted by Crippen LogP contribution is -2.35. The molecule has 4 rings (SSSR count). The Morgan fingerprint density at radius 1 is 1.21 bits per heavy atom. The summed E-state index contributed by atoms with van der Waals surface area (Å²) < 4.78 is 26.8. The van der Waals surface area contributed by atoms with Gasteiger partial charge in [-0.25, -0.2) is 8.42 Å². The Labute approximate surface area is 176 Å². The van der Waals surface area contributed by atoms with Gasteiger partial charge >= 0.3 is 0 Å². The molecule has 0 N–H and O–H groups in total. The van der Waals surface area contributed by atoms with Gasteiger partial charge in [0.25, 0.3) is 5.91 Å². The minimum absolute atomic E-state index is 0.0206. The summed E-state index contributed by atoms with van der Waals surface area (Å²) in [5.41, 5.74) is 2.69. The number of benzene rings is 2. The van der Waals surface area contributed by atoms with Gasteiger partial charge < -0.3 is 4.90 Å². The zero-order chi connectivity index (χ0) is 20.2. The molecule has 5 nitrogen and oxygen atoms in total. The number of hydrogen-bond donors (Lipinski definition) is 0. The van der Waals surface area contributed by atoms with Crippen LogP contribution >= 0.6 is 27.3 Å². The lowest BCUT2D eigenvalue weighted by atomic mass is 10.1. The Kier molecular flexibility index (Phi) is 4.76. The molecule has 28 heavy (non-hydrogen) atoms. The van der Waals surface area contributed by atoms with E-state index in [9.17, 15) is 13.2 Å². The highest BCUT2D eigenvalue weighted by Crippen LogP contribution is 2.37. The fraction of sp³-hybridized carbons (Fsp3) is 0.250. The Hall–Kier alpha value is -1.90. The third-order valence-electron chi connectivity index (χ3n) is 5.05. The molecular formula is C20H19BrN2O3S2. The van der Waals surface area contributed by atoms with Crippen LogP contribution in [0.4, 0.5) is 11.4 Å². The van der Waals surface area contributed by atoms with Crippen LogP contribution in [0.3, 0.4) is 0 Å². The lowest BCUT2D eigenvalue weighted by molar-refractivity contribution is 0.0985. The number of rotatable bonds is 3. The van der Waals surface area contributed by atoms with Crippen LogP contribution in [0.15, 0.2) is 46.9 Å². The largest absolute Gasteiger partial charge is 0.304 e. The van der Waals surface area contributed by atoms with Gasteiger partial charge in [-0.1, -0.05) is 15.9 Å². The standard InChI is InChI=1S/C20H19BrN2O3S2/c1-12-8-13-9-15(21)4-6-17(13)23(12)20(24)19-11-14-10-16(5-7-18(14)27-19)22(2)28(3,25)26/h4-7,9-12H,8H2,1-3H3/t12-/m0/s1. The third kappa shape index (κ3) is 3.33. The average molecular weight is 479 g/mol. The van der Waals surface area contributed by atoms with E-state index in [-0.39, 0.29) is 11.9 Å². The van der Waals surface area contributed by atoms with Gasteiger partial charge in [-0.05, 0) is 66.8 Å². The van der Waals surface area contributed by atoms with Crippen LogP contribution in [0.2, 0.25) is 0 Å². The second-order valence-corrected chi connectivity index (χ2v) is 11.1. The molecule has 1 aliphatic rings. The fourth-order valence-electron chi connectivity index (χ4n) is 3.55. The van der Waals surface area contributed by atoms with Crippen LogP contribution in [0.1, 0.15) is 22.2 Å². The van der Waals surface area contributed by atoms with Crippen LogP contribution in [-0.4, -0.2) is 33.7 Å². The molecule has 0 aliphatic carbocycles. The third-order valence-corrected chi connectivity index (χ3v) is 7.85. The first-order valence-electron chi connectivity index (χ1n) is 8.74. The number of amides is 1. The minimum atomic E-state index is -3.33. The number of anilines is 2. The Morgan fingerprint density at radius 3 is 2.68 bits per heavy atom. The summed E-state index contributed by atoms with van der Waals surface area (Å²) in [4.78, 5) is 15.8. The molecule has 0 radical (unpaired) electrons. The second-order valence-electron chi connectivity index (χ2n) is 7.06. The summed E-state index contributed by atoms with van der Waals surface area (Å²) in [6.45, 7) is 2.05. The molecule has 0 saturated carbocycles. The fourth-order valence-corrected chi connectivity index (χ4v) is 5.44. The molecule has 1 aliphatic heterocycles. The van der Waals surface area contributed by atoms with Crippen molar-refractivity contribution in [3.05, 3.63) is 57.4 Å². The number of sulfonamides is 1. The molecule has 1 amide bonds. The summed E-state index contributed by atoms with van der Waals surface area (Å²) in [5, 5.41) is 0.865. The SMILES string of the molecule is C[C@H]1Cc2cc(Br)ccc2N1C(=O)c1cc2cc(N(C)S(C)(=O)=O)ccc2s1. The van der Waals surface area contributed by atoms with Crippen molar-refractivity contribution in [2.24, 2.45) is 0 Å². The Balaban J connectivity index is 1.71. The molecule has 3 aromatic rings. The van der Waals surface area contributed by atoms with Crippen molar-refractivity contribution in [1.82, 2.24) is 0 Å². The van der Waals surface area contributed by atoms with Crippen LogP contribution < -0.4 is 9.21 Å². The van der Waals surface area contributed by atoms with Crippen molar-refractivity contribution >= 4 is 64.7 Å². The average Bonchev–Trinajstić information content (AvgIpc) is 3.18. The quantitative estimate of drug-likeness (QED) is 0.550.